The van der Waals surface area contributed by atoms with Gasteiger partial charge in [-0.15, -0.1) is 0 Å². The second-order valence-electron chi connectivity index (χ2n) is 6.06. The smallest absolute Gasteiger partial charge is 0.126 e. The summed E-state index contributed by atoms with van der Waals surface area (Å²) in [4.78, 5) is 0. The molecular weight excluding hydrogens is 236 g/mol. The van der Waals surface area contributed by atoms with Crippen molar-refractivity contribution < 1.29 is 9.47 Å². The largest absolute Gasteiger partial charge is 0.486 e. The van der Waals surface area contributed by atoms with Crippen molar-refractivity contribution in [3.05, 3.63) is 41.5 Å². The molecule has 5 atom stereocenters. The molecule has 0 unspecified atom stereocenters. The van der Waals surface area contributed by atoms with E-state index < -0.39 is 0 Å². The van der Waals surface area contributed by atoms with Gasteiger partial charge in [-0.05, 0) is 38.8 Å². The minimum absolute atomic E-state index is 0.129. The molecule has 19 heavy (non-hydrogen) atoms. The Labute approximate surface area is 115 Å². The van der Waals surface area contributed by atoms with Crippen LogP contribution in [-0.4, -0.2) is 12.2 Å². The fourth-order valence-electron chi connectivity index (χ4n) is 3.31. The van der Waals surface area contributed by atoms with Gasteiger partial charge in [-0.3, -0.25) is 0 Å². The molecule has 0 aliphatic carbocycles. The molecule has 0 spiro atoms. The summed E-state index contributed by atoms with van der Waals surface area (Å²) in [6.07, 6.45) is 2.84. The summed E-state index contributed by atoms with van der Waals surface area (Å²) in [6.45, 7) is 8.70. The molecule has 2 aliphatic rings. The van der Waals surface area contributed by atoms with Gasteiger partial charge >= 0.3 is 0 Å². The molecule has 2 nitrogen and oxygen atoms in total. The number of fused-ring (bicyclic) bond motifs is 3. The average molecular weight is 258 g/mol. The molecule has 1 aromatic rings. The minimum atomic E-state index is 0.129. The van der Waals surface area contributed by atoms with Crippen molar-refractivity contribution >= 4 is 0 Å². The second-order valence-corrected chi connectivity index (χ2v) is 6.06. The maximum absolute atomic E-state index is 6.22. The van der Waals surface area contributed by atoms with Crippen molar-refractivity contribution in [1.82, 2.24) is 0 Å². The highest BCUT2D eigenvalue weighted by Crippen LogP contribution is 2.50. The lowest BCUT2D eigenvalue weighted by atomic mass is 9.79. The Balaban J connectivity index is 2.05. The molecule has 0 saturated carbocycles. The van der Waals surface area contributed by atoms with Crippen molar-refractivity contribution in [3.8, 4) is 5.75 Å². The van der Waals surface area contributed by atoms with Gasteiger partial charge in [0.15, 0.2) is 0 Å². The zero-order valence-electron chi connectivity index (χ0n) is 12.1. The van der Waals surface area contributed by atoms with Crippen LogP contribution in [0.1, 0.15) is 39.4 Å². The number of hydrogen-bond donors (Lipinski definition) is 0. The molecule has 1 saturated heterocycles. The second kappa shape index (κ2) is 4.68. The molecule has 0 radical (unpaired) electrons. The van der Waals surface area contributed by atoms with Crippen LogP contribution < -0.4 is 4.74 Å². The topological polar surface area (TPSA) is 18.5 Å². The lowest BCUT2D eigenvalue weighted by Gasteiger charge is -2.35. The highest BCUT2D eigenvalue weighted by atomic mass is 16.5. The van der Waals surface area contributed by atoms with Gasteiger partial charge in [-0.25, -0.2) is 0 Å². The Morgan fingerprint density at radius 1 is 1.16 bits per heavy atom. The highest BCUT2D eigenvalue weighted by Gasteiger charge is 2.48. The Hall–Kier alpha value is -1.28. The van der Waals surface area contributed by atoms with E-state index in [4.69, 9.17) is 9.47 Å². The zero-order valence-corrected chi connectivity index (χ0v) is 12.1. The van der Waals surface area contributed by atoms with Crippen LogP contribution in [0.4, 0.5) is 0 Å². The number of para-hydroxylation sites is 1. The van der Waals surface area contributed by atoms with E-state index in [1.165, 1.54) is 11.1 Å². The first-order valence-electron chi connectivity index (χ1n) is 7.14. The van der Waals surface area contributed by atoms with E-state index in [0.717, 1.165) is 5.75 Å². The van der Waals surface area contributed by atoms with Crippen LogP contribution in [0.25, 0.3) is 0 Å². The van der Waals surface area contributed by atoms with Crippen molar-refractivity contribution in [2.24, 2.45) is 11.8 Å². The Morgan fingerprint density at radius 2 is 1.89 bits per heavy atom. The van der Waals surface area contributed by atoms with E-state index in [-0.39, 0.29) is 18.3 Å². The van der Waals surface area contributed by atoms with Gasteiger partial charge in [0.2, 0.25) is 0 Å². The van der Waals surface area contributed by atoms with Crippen LogP contribution in [0.2, 0.25) is 0 Å². The number of benzene rings is 1. The SMILES string of the molecule is CC(C)=C[C@H]1Oc2ccccc2[C@H]2O[C@@H](C)[C@H](C)[C@@H]21. The quantitative estimate of drug-likeness (QED) is 0.705. The summed E-state index contributed by atoms with van der Waals surface area (Å²) in [7, 11) is 0. The number of rotatable bonds is 1. The van der Waals surface area contributed by atoms with Crippen LogP contribution >= 0.6 is 0 Å². The summed E-state index contributed by atoms with van der Waals surface area (Å²) in [5.74, 6) is 1.91. The van der Waals surface area contributed by atoms with E-state index in [1.54, 1.807) is 0 Å². The molecule has 0 amide bonds. The van der Waals surface area contributed by atoms with Crippen molar-refractivity contribution in [3.63, 3.8) is 0 Å². The normalized spacial score (nSPS) is 36.1. The standard InChI is InChI=1S/C17H22O2/c1-10(2)9-15-16-11(3)12(4)18-17(16)13-7-5-6-8-14(13)19-15/h5-9,11-12,15-17H,1-4H3/t11-,12-,15+,16+,17+/m0/s1. The van der Waals surface area contributed by atoms with E-state index in [2.05, 4.69) is 52.0 Å². The van der Waals surface area contributed by atoms with Crippen LogP contribution in [0.15, 0.2) is 35.9 Å². The van der Waals surface area contributed by atoms with Gasteiger partial charge < -0.3 is 9.47 Å². The molecule has 0 bridgehead atoms. The molecule has 2 aliphatic heterocycles. The summed E-state index contributed by atoms with van der Waals surface area (Å²) < 4.78 is 12.4. The first-order valence-corrected chi connectivity index (χ1v) is 7.14. The van der Waals surface area contributed by atoms with Gasteiger partial charge in [0, 0.05) is 11.5 Å². The van der Waals surface area contributed by atoms with E-state index in [0.29, 0.717) is 11.8 Å². The van der Waals surface area contributed by atoms with Crippen molar-refractivity contribution in [2.75, 3.05) is 0 Å². The zero-order chi connectivity index (χ0) is 13.6. The van der Waals surface area contributed by atoms with Crippen LogP contribution in [-0.2, 0) is 4.74 Å². The molecule has 102 valence electrons. The molecule has 0 N–H and O–H groups in total. The van der Waals surface area contributed by atoms with Gasteiger partial charge in [-0.1, -0.05) is 30.7 Å². The molecule has 2 heterocycles. The highest BCUT2D eigenvalue weighted by molar-refractivity contribution is 5.39. The van der Waals surface area contributed by atoms with Crippen LogP contribution in [0.3, 0.4) is 0 Å². The molecule has 1 fully saturated rings. The van der Waals surface area contributed by atoms with Crippen molar-refractivity contribution in [1.29, 1.82) is 0 Å². The van der Waals surface area contributed by atoms with Crippen molar-refractivity contribution in [2.45, 2.75) is 46.0 Å². The minimum Gasteiger partial charge on any atom is -0.486 e. The number of hydrogen-bond acceptors (Lipinski definition) is 2. The van der Waals surface area contributed by atoms with E-state index in [1.807, 2.05) is 6.07 Å². The summed E-state index contributed by atoms with van der Waals surface area (Å²) in [5, 5.41) is 0. The predicted octanol–water partition coefficient (Wildman–Crippen LogP) is 4.13. The van der Waals surface area contributed by atoms with Crippen LogP contribution in [0, 0.1) is 11.8 Å². The molecule has 2 heteroatoms. The number of allylic oxidation sites excluding steroid dienone is 1. The summed E-state index contributed by atoms with van der Waals surface area (Å²) >= 11 is 0. The molecule has 1 aromatic carbocycles. The predicted molar refractivity (Wildman–Crippen MR) is 76.2 cm³/mol. The van der Waals surface area contributed by atoms with Gasteiger partial charge in [0.05, 0.1) is 12.2 Å². The average Bonchev–Trinajstić information content (AvgIpc) is 2.66. The third kappa shape index (κ3) is 2.08. The van der Waals surface area contributed by atoms with Gasteiger partial charge in [-0.2, -0.15) is 0 Å². The van der Waals surface area contributed by atoms with Gasteiger partial charge in [0.1, 0.15) is 11.9 Å². The molecule has 0 aromatic heterocycles. The maximum atomic E-state index is 6.22. The lowest BCUT2D eigenvalue weighted by molar-refractivity contribution is 0.0102. The Bertz CT molecular complexity index is 502. The third-order valence-corrected chi connectivity index (χ3v) is 4.42. The first kappa shape index (κ1) is 12.7. The monoisotopic (exact) mass is 258 g/mol. The Kier molecular flexibility index (Phi) is 3.14. The Morgan fingerprint density at radius 3 is 2.63 bits per heavy atom. The fraction of sp³-hybridized carbons (Fsp3) is 0.529. The molecular formula is C17H22O2. The lowest BCUT2D eigenvalue weighted by Crippen LogP contribution is -2.35. The third-order valence-electron chi connectivity index (χ3n) is 4.42. The number of ether oxygens (including phenoxy) is 2. The summed E-state index contributed by atoms with van der Waals surface area (Å²) in [6, 6.07) is 8.28. The van der Waals surface area contributed by atoms with E-state index in [9.17, 15) is 0 Å². The van der Waals surface area contributed by atoms with E-state index >= 15 is 0 Å². The summed E-state index contributed by atoms with van der Waals surface area (Å²) in [5.41, 5.74) is 2.51. The van der Waals surface area contributed by atoms with Crippen LogP contribution in [0.5, 0.6) is 5.75 Å². The van der Waals surface area contributed by atoms with Gasteiger partial charge in [0.25, 0.3) is 0 Å². The fourth-order valence-corrected chi connectivity index (χ4v) is 3.31. The first-order chi connectivity index (χ1) is 9.08. The maximum Gasteiger partial charge on any atom is 0.126 e. The molecule has 3 rings (SSSR count).